The fourth-order valence-corrected chi connectivity index (χ4v) is 3.04. The Bertz CT molecular complexity index is 907. The van der Waals surface area contributed by atoms with Gasteiger partial charge in [-0.05, 0) is 23.8 Å². The third kappa shape index (κ3) is 4.15. The minimum absolute atomic E-state index is 0.285. The monoisotopic (exact) mass is 386 g/mol. The summed E-state index contributed by atoms with van der Waals surface area (Å²) in [4.78, 5) is 16.7. The fraction of sp³-hybridized carbons (Fsp3) is 0.100. The number of amides is 1. The van der Waals surface area contributed by atoms with Gasteiger partial charge < -0.3 is 10.1 Å². The summed E-state index contributed by atoms with van der Waals surface area (Å²) >= 11 is 12.1. The Morgan fingerprint density at radius 2 is 1.65 bits per heavy atom. The molecule has 0 spiro atoms. The van der Waals surface area contributed by atoms with Crippen LogP contribution in [-0.2, 0) is 6.54 Å². The van der Waals surface area contributed by atoms with Gasteiger partial charge in [-0.25, -0.2) is 4.98 Å². The van der Waals surface area contributed by atoms with Crippen LogP contribution in [0.5, 0.6) is 5.88 Å². The van der Waals surface area contributed by atoms with Gasteiger partial charge in [0.05, 0.1) is 28.4 Å². The fourth-order valence-electron chi connectivity index (χ4n) is 2.47. The highest BCUT2D eigenvalue weighted by Crippen LogP contribution is 2.24. The Kier molecular flexibility index (Phi) is 5.76. The summed E-state index contributed by atoms with van der Waals surface area (Å²) in [7, 11) is 1.59. The number of hydrogen-bond donors (Lipinski definition) is 1. The van der Waals surface area contributed by atoms with Crippen LogP contribution in [0.4, 0.5) is 0 Å². The van der Waals surface area contributed by atoms with Crippen molar-refractivity contribution in [3.05, 3.63) is 81.8 Å². The summed E-state index contributed by atoms with van der Waals surface area (Å²) < 4.78 is 5.15. The Balaban J connectivity index is 1.69. The molecule has 0 saturated carbocycles. The van der Waals surface area contributed by atoms with Gasteiger partial charge in [0, 0.05) is 18.2 Å². The number of benzene rings is 2. The number of carbonyl (C=O) groups is 1. The van der Waals surface area contributed by atoms with Gasteiger partial charge in [0.15, 0.2) is 0 Å². The van der Waals surface area contributed by atoms with Crippen LogP contribution in [-0.4, -0.2) is 18.0 Å². The highest BCUT2D eigenvalue weighted by molar-refractivity contribution is 6.39. The molecule has 3 aromatic rings. The Morgan fingerprint density at radius 3 is 2.31 bits per heavy atom. The third-order valence-corrected chi connectivity index (χ3v) is 4.46. The minimum atomic E-state index is -0.306. The maximum Gasteiger partial charge on any atom is 0.254 e. The molecule has 6 heteroatoms. The maximum atomic E-state index is 12.3. The van der Waals surface area contributed by atoms with Gasteiger partial charge in [-0.2, -0.15) is 0 Å². The molecule has 1 heterocycles. The molecule has 2 aromatic carbocycles. The van der Waals surface area contributed by atoms with E-state index in [0.717, 1.165) is 16.8 Å². The molecule has 132 valence electrons. The van der Waals surface area contributed by atoms with Crippen LogP contribution in [0.3, 0.4) is 0 Å². The Labute approximate surface area is 161 Å². The molecule has 0 saturated heterocycles. The number of hydrogen-bond acceptors (Lipinski definition) is 3. The van der Waals surface area contributed by atoms with Gasteiger partial charge >= 0.3 is 0 Å². The lowest BCUT2D eigenvalue weighted by atomic mass is 10.1. The Morgan fingerprint density at radius 1 is 1.00 bits per heavy atom. The molecular formula is C20H16Cl2N2O2. The number of ether oxygens (including phenoxy) is 1. The van der Waals surface area contributed by atoms with Crippen LogP contribution < -0.4 is 10.1 Å². The summed E-state index contributed by atoms with van der Waals surface area (Å²) in [6.45, 7) is 0.367. The van der Waals surface area contributed by atoms with Crippen molar-refractivity contribution in [3.63, 3.8) is 0 Å². The van der Waals surface area contributed by atoms with Crippen molar-refractivity contribution < 1.29 is 9.53 Å². The first-order valence-electron chi connectivity index (χ1n) is 7.91. The molecule has 0 unspecified atom stereocenters. The molecule has 1 aromatic heterocycles. The smallest absolute Gasteiger partial charge is 0.254 e. The maximum absolute atomic E-state index is 12.3. The van der Waals surface area contributed by atoms with Gasteiger partial charge in [-0.1, -0.05) is 59.6 Å². The number of rotatable bonds is 5. The molecule has 0 atom stereocenters. The Hall–Kier alpha value is -2.56. The summed E-state index contributed by atoms with van der Waals surface area (Å²) in [5.41, 5.74) is 3.03. The van der Waals surface area contributed by atoms with Crippen molar-refractivity contribution in [2.75, 3.05) is 7.11 Å². The second-order valence-electron chi connectivity index (χ2n) is 5.54. The van der Waals surface area contributed by atoms with Crippen LogP contribution in [0, 0.1) is 0 Å². The first-order valence-corrected chi connectivity index (χ1v) is 8.66. The molecule has 3 rings (SSSR count). The molecule has 0 aliphatic rings. The normalized spacial score (nSPS) is 10.4. The second kappa shape index (κ2) is 8.21. The van der Waals surface area contributed by atoms with Crippen molar-refractivity contribution in [3.8, 4) is 17.1 Å². The number of methoxy groups -OCH3 is 1. The number of carbonyl (C=O) groups excluding carboxylic acids is 1. The molecule has 0 radical (unpaired) electrons. The number of nitrogens with one attached hydrogen (secondary N) is 1. The predicted molar refractivity (Wildman–Crippen MR) is 104 cm³/mol. The number of nitrogens with zero attached hydrogens (tertiary/aromatic N) is 1. The van der Waals surface area contributed by atoms with Crippen LogP contribution in [0.2, 0.25) is 10.0 Å². The number of pyridine rings is 1. The first kappa shape index (κ1) is 18.2. The number of aromatic nitrogens is 1. The molecular weight excluding hydrogens is 371 g/mol. The summed E-state index contributed by atoms with van der Waals surface area (Å²) in [6, 6.07) is 18.4. The topological polar surface area (TPSA) is 51.2 Å². The highest BCUT2D eigenvalue weighted by Gasteiger charge is 2.14. The molecule has 1 N–H and O–H groups in total. The van der Waals surface area contributed by atoms with E-state index in [9.17, 15) is 4.79 Å². The van der Waals surface area contributed by atoms with Gasteiger partial charge in [-0.15, -0.1) is 0 Å². The van der Waals surface area contributed by atoms with Gasteiger partial charge in [0.25, 0.3) is 5.91 Å². The standard InChI is InChI=1S/C20H16Cl2N2O2/c1-26-18-7-3-6-17(24-18)14-10-8-13(9-11-14)12-23-20(25)19-15(21)4-2-5-16(19)22/h2-11H,12H2,1H3,(H,23,25). The van der Waals surface area contributed by atoms with Crippen molar-refractivity contribution in [1.82, 2.24) is 10.3 Å². The predicted octanol–water partition coefficient (Wildman–Crippen LogP) is 4.99. The molecule has 0 aliphatic heterocycles. The van der Waals surface area contributed by atoms with Crippen LogP contribution in [0.25, 0.3) is 11.3 Å². The van der Waals surface area contributed by atoms with E-state index in [4.69, 9.17) is 27.9 Å². The average Bonchev–Trinajstić information content (AvgIpc) is 2.66. The molecule has 26 heavy (non-hydrogen) atoms. The zero-order valence-corrected chi connectivity index (χ0v) is 15.5. The first-order chi connectivity index (χ1) is 12.6. The van der Waals surface area contributed by atoms with Crippen LogP contribution in [0.15, 0.2) is 60.7 Å². The molecule has 1 amide bonds. The van der Waals surface area contributed by atoms with Crippen molar-refractivity contribution >= 4 is 29.1 Å². The van der Waals surface area contributed by atoms with E-state index in [1.54, 1.807) is 31.4 Å². The zero-order chi connectivity index (χ0) is 18.5. The third-order valence-electron chi connectivity index (χ3n) is 3.83. The quantitative estimate of drug-likeness (QED) is 0.671. The summed E-state index contributed by atoms with van der Waals surface area (Å²) in [5, 5.41) is 3.49. The molecule has 4 nitrogen and oxygen atoms in total. The SMILES string of the molecule is COc1cccc(-c2ccc(CNC(=O)c3c(Cl)cccc3Cl)cc2)n1. The van der Waals surface area contributed by atoms with E-state index in [2.05, 4.69) is 10.3 Å². The molecule has 0 fully saturated rings. The zero-order valence-electron chi connectivity index (χ0n) is 14.0. The molecule has 0 aliphatic carbocycles. The number of halogens is 2. The van der Waals surface area contributed by atoms with E-state index >= 15 is 0 Å². The summed E-state index contributed by atoms with van der Waals surface area (Å²) in [5.74, 6) is 0.259. The van der Waals surface area contributed by atoms with E-state index in [-0.39, 0.29) is 11.5 Å². The largest absolute Gasteiger partial charge is 0.481 e. The molecule has 0 bridgehead atoms. The van der Waals surface area contributed by atoms with Crippen molar-refractivity contribution in [2.45, 2.75) is 6.54 Å². The van der Waals surface area contributed by atoms with Gasteiger partial charge in [0.1, 0.15) is 0 Å². The van der Waals surface area contributed by atoms with Crippen LogP contribution in [0.1, 0.15) is 15.9 Å². The lowest BCUT2D eigenvalue weighted by Crippen LogP contribution is -2.23. The van der Waals surface area contributed by atoms with E-state index in [1.807, 2.05) is 36.4 Å². The van der Waals surface area contributed by atoms with Crippen LogP contribution >= 0.6 is 23.2 Å². The lowest BCUT2D eigenvalue weighted by Gasteiger charge is -2.09. The summed E-state index contributed by atoms with van der Waals surface area (Å²) in [6.07, 6.45) is 0. The van der Waals surface area contributed by atoms with E-state index in [0.29, 0.717) is 22.5 Å². The average molecular weight is 387 g/mol. The second-order valence-corrected chi connectivity index (χ2v) is 6.36. The van der Waals surface area contributed by atoms with E-state index in [1.165, 1.54) is 0 Å². The lowest BCUT2D eigenvalue weighted by molar-refractivity contribution is 0.0951. The van der Waals surface area contributed by atoms with Gasteiger partial charge in [-0.3, -0.25) is 4.79 Å². The van der Waals surface area contributed by atoms with Crippen molar-refractivity contribution in [1.29, 1.82) is 0 Å². The van der Waals surface area contributed by atoms with Gasteiger partial charge in [0.2, 0.25) is 5.88 Å². The van der Waals surface area contributed by atoms with E-state index < -0.39 is 0 Å². The highest BCUT2D eigenvalue weighted by atomic mass is 35.5. The minimum Gasteiger partial charge on any atom is -0.481 e. The van der Waals surface area contributed by atoms with Crippen molar-refractivity contribution in [2.24, 2.45) is 0 Å².